The molecule has 0 saturated carbocycles. The van der Waals surface area contributed by atoms with Crippen molar-refractivity contribution in [1.82, 2.24) is 0 Å². The fraction of sp³-hybridized carbons (Fsp3) is 0.263. The van der Waals surface area contributed by atoms with Crippen molar-refractivity contribution in [3.8, 4) is 0 Å². The fourth-order valence-corrected chi connectivity index (χ4v) is 3.35. The lowest BCUT2D eigenvalue weighted by atomic mass is 9.90. The molecule has 0 radical (unpaired) electrons. The summed E-state index contributed by atoms with van der Waals surface area (Å²) in [6.07, 6.45) is 4.52. The molecule has 1 heterocycles. The van der Waals surface area contributed by atoms with Crippen LogP contribution >= 0.6 is 0 Å². The fourth-order valence-electron chi connectivity index (χ4n) is 3.35. The average molecular weight is 292 g/mol. The van der Waals surface area contributed by atoms with E-state index < -0.39 is 0 Å². The van der Waals surface area contributed by atoms with Crippen LogP contribution in [0.1, 0.15) is 41.6 Å². The number of ketones is 1. The summed E-state index contributed by atoms with van der Waals surface area (Å²) in [4.78, 5) is 24.7. The van der Waals surface area contributed by atoms with E-state index in [1.54, 1.807) is 6.07 Å². The van der Waals surface area contributed by atoms with Crippen LogP contribution in [-0.2, 0) is 6.42 Å². The van der Waals surface area contributed by atoms with Gasteiger partial charge in [0.25, 0.3) is 0 Å². The Morgan fingerprint density at radius 1 is 0.818 bits per heavy atom. The standard InChI is InChI=1S/C19H16O3/c20-17-8-3-1-2-6-12-10-16-15(11-14(12)17)13-7-4-5-9-18(13)22-19(16)21/h4-5,7,9-11H,1-3,6,8H2. The monoisotopic (exact) mass is 292 g/mol. The Labute approximate surface area is 127 Å². The molecule has 1 aliphatic rings. The highest BCUT2D eigenvalue weighted by molar-refractivity contribution is 6.09. The molecular weight excluding hydrogens is 276 g/mol. The maximum atomic E-state index is 12.4. The molecule has 22 heavy (non-hydrogen) atoms. The minimum absolute atomic E-state index is 0.189. The number of carbonyl (C=O) groups is 1. The highest BCUT2D eigenvalue weighted by Gasteiger charge is 2.17. The third-order valence-corrected chi connectivity index (χ3v) is 4.49. The number of hydrogen-bond donors (Lipinski definition) is 0. The van der Waals surface area contributed by atoms with Gasteiger partial charge in [0.2, 0.25) is 0 Å². The number of benzene rings is 2. The van der Waals surface area contributed by atoms with Gasteiger partial charge in [-0.05, 0) is 43.0 Å². The third-order valence-electron chi connectivity index (χ3n) is 4.49. The van der Waals surface area contributed by atoms with Gasteiger partial charge in [0.05, 0.1) is 5.39 Å². The van der Waals surface area contributed by atoms with E-state index in [-0.39, 0.29) is 11.4 Å². The van der Waals surface area contributed by atoms with Gasteiger partial charge in [-0.15, -0.1) is 0 Å². The van der Waals surface area contributed by atoms with Crippen LogP contribution in [0.4, 0.5) is 0 Å². The lowest BCUT2D eigenvalue weighted by Crippen LogP contribution is -2.09. The van der Waals surface area contributed by atoms with Crippen molar-refractivity contribution in [1.29, 1.82) is 0 Å². The van der Waals surface area contributed by atoms with Gasteiger partial charge in [0.15, 0.2) is 5.78 Å². The van der Waals surface area contributed by atoms with Crippen LogP contribution in [0.3, 0.4) is 0 Å². The second-order valence-electron chi connectivity index (χ2n) is 5.92. The molecule has 3 heteroatoms. The number of carbonyl (C=O) groups excluding carboxylic acids is 1. The summed E-state index contributed by atoms with van der Waals surface area (Å²) in [5.41, 5.74) is 2.01. The van der Waals surface area contributed by atoms with E-state index in [1.807, 2.05) is 30.3 Å². The van der Waals surface area contributed by atoms with Gasteiger partial charge in [-0.3, -0.25) is 4.79 Å². The average Bonchev–Trinajstić information content (AvgIpc) is 2.52. The molecule has 4 rings (SSSR count). The molecule has 2 aromatic carbocycles. The third kappa shape index (κ3) is 2.05. The van der Waals surface area contributed by atoms with Crippen LogP contribution in [-0.4, -0.2) is 5.78 Å². The van der Waals surface area contributed by atoms with Crippen LogP contribution in [0.5, 0.6) is 0 Å². The van der Waals surface area contributed by atoms with E-state index in [9.17, 15) is 9.59 Å². The highest BCUT2D eigenvalue weighted by atomic mass is 16.4. The SMILES string of the molecule is O=C1CCCCCc2cc3c(=O)oc4ccccc4c3cc21. The molecule has 0 aliphatic heterocycles. The van der Waals surface area contributed by atoms with Crippen molar-refractivity contribution >= 4 is 27.5 Å². The van der Waals surface area contributed by atoms with Crippen molar-refractivity contribution < 1.29 is 9.21 Å². The molecular formula is C19H16O3. The van der Waals surface area contributed by atoms with E-state index in [2.05, 4.69) is 0 Å². The number of hydrogen-bond acceptors (Lipinski definition) is 3. The minimum atomic E-state index is -0.328. The number of rotatable bonds is 0. The summed E-state index contributed by atoms with van der Waals surface area (Å²) in [5.74, 6) is 0.189. The van der Waals surface area contributed by atoms with Crippen molar-refractivity contribution in [2.24, 2.45) is 0 Å². The summed E-state index contributed by atoms with van der Waals surface area (Å²) in [6.45, 7) is 0. The van der Waals surface area contributed by atoms with Gasteiger partial charge in [0.1, 0.15) is 5.58 Å². The van der Waals surface area contributed by atoms with Gasteiger partial charge < -0.3 is 4.42 Å². The molecule has 0 atom stereocenters. The first-order valence-electron chi connectivity index (χ1n) is 7.76. The van der Waals surface area contributed by atoms with E-state index >= 15 is 0 Å². The Hall–Kier alpha value is -2.42. The molecule has 0 unspecified atom stereocenters. The van der Waals surface area contributed by atoms with Crippen LogP contribution < -0.4 is 5.63 Å². The topological polar surface area (TPSA) is 47.3 Å². The van der Waals surface area contributed by atoms with Crippen molar-refractivity contribution in [2.75, 3.05) is 0 Å². The Morgan fingerprint density at radius 3 is 2.55 bits per heavy atom. The highest BCUT2D eigenvalue weighted by Crippen LogP contribution is 2.28. The molecule has 0 amide bonds. The lowest BCUT2D eigenvalue weighted by molar-refractivity contribution is 0.0976. The van der Waals surface area contributed by atoms with E-state index in [0.29, 0.717) is 17.4 Å². The van der Waals surface area contributed by atoms with Crippen molar-refractivity contribution in [3.63, 3.8) is 0 Å². The van der Waals surface area contributed by atoms with Crippen molar-refractivity contribution in [2.45, 2.75) is 32.1 Å². The Balaban J connectivity index is 2.11. The Bertz CT molecular complexity index is 950. The molecule has 0 bridgehead atoms. The number of fused-ring (bicyclic) bond motifs is 4. The largest absolute Gasteiger partial charge is 0.422 e. The minimum Gasteiger partial charge on any atom is -0.422 e. The van der Waals surface area contributed by atoms with E-state index in [4.69, 9.17) is 4.42 Å². The molecule has 110 valence electrons. The predicted octanol–water partition coefficient (Wildman–Crippen LogP) is 4.25. The van der Waals surface area contributed by atoms with Gasteiger partial charge in [0, 0.05) is 22.8 Å². The molecule has 1 aliphatic carbocycles. The second kappa shape index (κ2) is 5.09. The lowest BCUT2D eigenvalue weighted by Gasteiger charge is -2.14. The summed E-state index contributed by atoms with van der Waals surface area (Å²) in [6, 6.07) is 11.2. The first kappa shape index (κ1) is 13.3. The normalized spacial score (nSPS) is 15.5. The summed E-state index contributed by atoms with van der Waals surface area (Å²) in [5, 5.41) is 2.28. The molecule has 0 N–H and O–H groups in total. The molecule has 1 aromatic heterocycles. The second-order valence-corrected chi connectivity index (χ2v) is 5.92. The number of aryl methyl sites for hydroxylation is 1. The zero-order chi connectivity index (χ0) is 15.1. The Kier molecular flexibility index (Phi) is 3.07. The zero-order valence-corrected chi connectivity index (χ0v) is 12.2. The molecule has 0 spiro atoms. The quantitative estimate of drug-likeness (QED) is 0.460. The molecule has 0 fully saturated rings. The molecule has 0 saturated heterocycles. The van der Waals surface area contributed by atoms with Gasteiger partial charge >= 0.3 is 5.63 Å². The maximum Gasteiger partial charge on any atom is 0.344 e. The van der Waals surface area contributed by atoms with Gasteiger partial charge in [-0.25, -0.2) is 4.79 Å². The smallest absolute Gasteiger partial charge is 0.344 e. The van der Waals surface area contributed by atoms with Gasteiger partial charge in [-0.1, -0.05) is 24.6 Å². The van der Waals surface area contributed by atoms with Crippen molar-refractivity contribution in [3.05, 3.63) is 57.9 Å². The van der Waals surface area contributed by atoms with E-state index in [0.717, 1.165) is 47.6 Å². The Morgan fingerprint density at radius 2 is 1.64 bits per heavy atom. The first-order valence-corrected chi connectivity index (χ1v) is 7.76. The van der Waals surface area contributed by atoms with E-state index in [1.165, 1.54) is 0 Å². The van der Waals surface area contributed by atoms with Gasteiger partial charge in [-0.2, -0.15) is 0 Å². The maximum absolute atomic E-state index is 12.4. The summed E-state index contributed by atoms with van der Waals surface area (Å²) >= 11 is 0. The summed E-state index contributed by atoms with van der Waals surface area (Å²) < 4.78 is 5.41. The number of Topliss-reactive ketones (excluding diaryl/α,β-unsaturated/α-hetero) is 1. The number of para-hydroxylation sites is 1. The first-order chi connectivity index (χ1) is 10.7. The van der Waals surface area contributed by atoms with Crippen LogP contribution in [0.2, 0.25) is 0 Å². The molecule has 3 nitrogen and oxygen atoms in total. The van der Waals surface area contributed by atoms with Crippen LogP contribution in [0.15, 0.2) is 45.6 Å². The summed E-state index contributed by atoms with van der Waals surface area (Å²) in [7, 11) is 0. The van der Waals surface area contributed by atoms with Crippen LogP contribution in [0, 0.1) is 0 Å². The van der Waals surface area contributed by atoms with Crippen LogP contribution in [0.25, 0.3) is 21.7 Å². The predicted molar refractivity (Wildman–Crippen MR) is 86.5 cm³/mol. The molecule has 3 aromatic rings. The zero-order valence-electron chi connectivity index (χ0n) is 12.2.